The molecule has 0 amide bonds. The van der Waals surface area contributed by atoms with E-state index in [2.05, 4.69) is 4.98 Å². The van der Waals surface area contributed by atoms with E-state index >= 15 is 0 Å². The molecule has 2 heterocycles. The van der Waals surface area contributed by atoms with Crippen molar-refractivity contribution in [3.8, 4) is 11.3 Å². The quantitative estimate of drug-likeness (QED) is 0.419. The molecule has 0 aliphatic carbocycles. The predicted octanol–water partition coefficient (Wildman–Crippen LogP) is 3.15. The number of fused-ring (bicyclic) bond motifs is 1. The van der Waals surface area contributed by atoms with Gasteiger partial charge in [-0.15, -0.1) is 11.3 Å². The van der Waals surface area contributed by atoms with Crippen LogP contribution in [0.4, 0.5) is 5.69 Å². The van der Waals surface area contributed by atoms with Crippen molar-refractivity contribution in [1.82, 2.24) is 9.38 Å². The van der Waals surface area contributed by atoms with E-state index in [1.54, 1.807) is 35.0 Å². The van der Waals surface area contributed by atoms with E-state index in [0.29, 0.717) is 23.0 Å². The number of thiazole rings is 1. The third kappa shape index (κ3) is 2.44. The van der Waals surface area contributed by atoms with Gasteiger partial charge >= 0.3 is 5.97 Å². The summed E-state index contributed by atoms with van der Waals surface area (Å²) in [5.74, 6) is -0.401. The number of nitro groups is 1. The summed E-state index contributed by atoms with van der Waals surface area (Å²) in [6, 6.07) is 6.12. The average molecular weight is 317 g/mol. The molecule has 0 radical (unpaired) electrons. The Morgan fingerprint density at radius 3 is 2.77 bits per heavy atom. The van der Waals surface area contributed by atoms with Gasteiger partial charge < -0.3 is 4.74 Å². The molecule has 0 unspecified atom stereocenters. The fourth-order valence-electron chi connectivity index (χ4n) is 2.03. The second-order valence-corrected chi connectivity index (χ2v) is 5.26. The molecule has 0 aliphatic rings. The van der Waals surface area contributed by atoms with Crippen molar-refractivity contribution in [2.45, 2.75) is 6.92 Å². The first kappa shape index (κ1) is 14.2. The number of carbonyl (C=O) groups is 1. The molecule has 1 aromatic carbocycles. The summed E-state index contributed by atoms with van der Waals surface area (Å²) in [6.07, 6.45) is 1.72. The normalized spacial score (nSPS) is 10.8. The number of benzene rings is 1. The van der Waals surface area contributed by atoms with Gasteiger partial charge in [0.05, 0.1) is 17.2 Å². The van der Waals surface area contributed by atoms with Gasteiger partial charge in [-0.3, -0.25) is 14.5 Å². The van der Waals surface area contributed by atoms with Gasteiger partial charge in [-0.1, -0.05) is 0 Å². The molecule has 0 atom stereocenters. The minimum atomic E-state index is -0.450. The number of esters is 1. The molecule has 22 heavy (non-hydrogen) atoms. The first-order valence-electron chi connectivity index (χ1n) is 6.48. The van der Waals surface area contributed by atoms with Gasteiger partial charge in [-0.25, -0.2) is 9.78 Å². The minimum absolute atomic E-state index is 0.0250. The summed E-state index contributed by atoms with van der Waals surface area (Å²) < 4.78 is 6.66. The molecular weight excluding hydrogens is 306 g/mol. The maximum absolute atomic E-state index is 11.8. The van der Waals surface area contributed by atoms with Crippen molar-refractivity contribution in [3.05, 3.63) is 51.7 Å². The molecule has 2 aromatic heterocycles. The zero-order valence-electron chi connectivity index (χ0n) is 11.6. The van der Waals surface area contributed by atoms with Crippen LogP contribution in [0.5, 0.6) is 0 Å². The Morgan fingerprint density at radius 1 is 1.41 bits per heavy atom. The molecule has 3 aromatic rings. The number of non-ortho nitro benzene ring substituents is 1. The number of aromatic nitrogens is 2. The third-order valence-corrected chi connectivity index (χ3v) is 3.91. The Bertz CT molecular complexity index is 851. The number of hydrogen-bond acceptors (Lipinski definition) is 6. The van der Waals surface area contributed by atoms with Gasteiger partial charge in [0.2, 0.25) is 0 Å². The highest BCUT2D eigenvalue weighted by Crippen LogP contribution is 2.25. The highest BCUT2D eigenvalue weighted by atomic mass is 32.1. The molecule has 0 saturated carbocycles. The Morgan fingerprint density at radius 2 is 2.14 bits per heavy atom. The zero-order valence-corrected chi connectivity index (χ0v) is 12.4. The van der Waals surface area contributed by atoms with E-state index in [1.807, 2.05) is 0 Å². The van der Waals surface area contributed by atoms with Crippen molar-refractivity contribution in [2.24, 2.45) is 0 Å². The topological polar surface area (TPSA) is 86.7 Å². The number of nitro benzene ring substituents is 1. The van der Waals surface area contributed by atoms with E-state index < -0.39 is 10.9 Å². The number of rotatable bonds is 4. The monoisotopic (exact) mass is 317 g/mol. The van der Waals surface area contributed by atoms with Gasteiger partial charge in [-0.2, -0.15) is 0 Å². The van der Waals surface area contributed by atoms with E-state index in [9.17, 15) is 14.9 Å². The Kier molecular flexibility index (Phi) is 3.60. The number of imidazole rings is 1. The number of nitrogens with zero attached hydrogens (tertiary/aromatic N) is 3. The third-order valence-electron chi connectivity index (χ3n) is 3.07. The van der Waals surface area contributed by atoms with Crippen LogP contribution in [0.15, 0.2) is 35.8 Å². The van der Waals surface area contributed by atoms with Crippen LogP contribution in [0.3, 0.4) is 0 Å². The summed E-state index contributed by atoms with van der Waals surface area (Å²) in [4.78, 5) is 27.1. The van der Waals surface area contributed by atoms with Crippen LogP contribution < -0.4 is 0 Å². The Balaban J connectivity index is 1.98. The van der Waals surface area contributed by atoms with Crippen molar-refractivity contribution in [3.63, 3.8) is 0 Å². The lowest BCUT2D eigenvalue weighted by Crippen LogP contribution is -2.06. The van der Waals surface area contributed by atoms with E-state index in [1.165, 1.54) is 23.5 Å². The lowest BCUT2D eigenvalue weighted by atomic mass is 10.1. The van der Waals surface area contributed by atoms with Crippen LogP contribution >= 0.6 is 11.3 Å². The molecule has 8 heteroatoms. The molecule has 7 nitrogen and oxygen atoms in total. The van der Waals surface area contributed by atoms with Crippen molar-refractivity contribution in [2.75, 3.05) is 6.61 Å². The largest absolute Gasteiger partial charge is 0.461 e. The van der Waals surface area contributed by atoms with E-state index in [-0.39, 0.29) is 5.69 Å². The van der Waals surface area contributed by atoms with Crippen LogP contribution in [0.2, 0.25) is 0 Å². The fraction of sp³-hybridized carbons (Fsp3) is 0.143. The summed E-state index contributed by atoms with van der Waals surface area (Å²) in [7, 11) is 0. The predicted molar refractivity (Wildman–Crippen MR) is 81.1 cm³/mol. The van der Waals surface area contributed by atoms with Crippen LogP contribution in [0, 0.1) is 10.1 Å². The molecule has 0 aliphatic heterocycles. The molecule has 3 rings (SSSR count). The van der Waals surface area contributed by atoms with E-state index in [4.69, 9.17) is 4.74 Å². The standard InChI is InChI=1S/C14H11N3O4S/c1-2-21-13(18)12-8-22-14-15-11(7-16(12)14)9-3-5-10(6-4-9)17(19)20/h3-8H,2H2,1H3. The smallest absolute Gasteiger partial charge is 0.356 e. The molecule has 0 saturated heterocycles. The van der Waals surface area contributed by atoms with Crippen molar-refractivity contribution < 1.29 is 14.5 Å². The van der Waals surface area contributed by atoms with Crippen molar-refractivity contribution in [1.29, 1.82) is 0 Å². The molecule has 0 spiro atoms. The molecule has 0 N–H and O–H groups in total. The Labute approximate surface area is 128 Å². The summed E-state index contributed by atoms with van der Waals surface area (Å²) >= 11 is 1.33. The average Bonchev–Trinajstić information content (AvgIpc) is 3.07. The van der Waals surface area contributed by atoms with Crippen LogP contribution in [0.25, 0.3) is 16.2 Å². The fourth-order valence-corrected chi connectivity index (χ4v) is 2.87. The van der Waals surface area contributed by atoms with Gasteiger partial charge in [-0.05, 0) is 19.1 Å². The lowest BCUT2D eigenvalue weighted by molar-refractivity contribution is -0.384. The Hall–Kier alpha value is -2.74. The highest BCUT2D eigenvalue weighted by Gasteiger charge is 2.16. The van der Waals surface area contributed by atoms with Crippen molar-refractivity contribution >= 4 is 28.0 Å². The lowest BCUT2D eigenvalue weighted by Gasteiger charge is -1.99. The van der Waals surface area contributed by atoms with Gasteiger partial charge in [0.1, 0.15) is 5.69 Å². The van der Waals surface area contributed by atoms with Gasteiger partial charge in [0.25, 0.3) is 5.69 Å². The molecule has 112 valence electrons. The second-order valence-electron chi connectivity index (χ2n) is 4.42. The maximum Gasteiger partial charge on any atom is 0.356 e. The first-order valence-corrected chi connectivity index (χ1v) is 7.36. The molecular formula is C14H11N3O4S. The number of hydrogen-bond donors (Lipinski definition) is 0. The van der Waals surface area contributed by atoms with E-state index in [0.717, 1.165) is 5.56 Å². The van der Waals surface area contributed by atoms with Gasteiger partial charge in [0, 0.05) is 29.3 Å². The second kappa shape index (κ2) is 5.57. The van der Waals surface area contributed by atoms with Crippen LogP contribution in [0.1, 0.15) is 17.4 Å². The summed E-state index contributed by atoms with van der Waals surface area (Å²) in [5.41, 5.74) is 1.84. The summed E-state index contributed by atoms with van der Waals surface area (Å²) in [5, 5.41) is 12.4. The highest BCUT2D eigenvalue weighted by molar-refractivity contribution is 7.15. The minimum Gasteiger partial charge on any atom is -0.461 e. The van der Waals surface area contributed by atoms with Crippen LogP contribution in [-0.4, -0.2) is 26.9 Å². The SMILES string of the molecule is CCOC(=O)c1csc2nc(-c3ccc([N+](=O)[O-])cc3)cn12. The number of carbonyl (C=O) groups excluding carboxylic acids is 1. The first-order chi connectivity index (χ1) is 10.6. The maximum atomic E-state index is 11.8. The molecule has 0 fully saturated rings. The number of ether oxygens (including phenoxy) is 1. The molecule has 0 bridgehead atoms. The van der Waals surface area contributed by atoms with Crippen LogP contribution in [-0.2, 0) is 4.74 Å². The summed E-state index contributed by atoms with van der Waals surface area (Å²) in [6.45, 7) is 2.05. The van der Waals surface area contributed by atoms with Gasteiger partial charge in [0.15, 0.2) is 4.96 Å². The zero-order chi connectivity index (χ0) is 15.7.